The predicted octanol–water partition coefficient (Wildman–Crippen LogP) is 2.38. The summed E-state index contributed by atoms with van der Waals surface area (Å²) in [7, 11) is 0. The average molecular weight is 377 g/mol. The highest BCUT2D eigenvalue weighted by Gasteiger charge is 2.36. The first kappa shape index (κ1) is 19.6. The molecule has 28 heavy (non-hydrogen) atoms. The molecule has 1 fully saturated rings. The van der Waals surface area contributed by atoms with Crippen molar-refractivity contribution in [2.24, 2.45) is 0 Å². The summed E-state index contributed by atoms with van der Waals surface area (Å²) in [6, 6.07) is 18.9. The average Bonchev–Trinajstić information content (AvgIpc) is 2.73. The topological polar surface area (TPSA) is 73.6 Å². The molecule has 6 heteroatoms. The molecule has 2 amide bonds. The van der Waals surface area contributed by atoms with Crippen LogP contribution in [0.4, 0.5) is 5.69 Å². The van der Waals surface area contributed by atoms with Crippen LogP contribution in [0.2, 0.25) is 0 Å². The number of benzene rings is 2. The first-order valence-electron chi connectivity index (χ1n) is 9.34. The normalized spacial score (nSPS) is 16.7. The molecule has 144 valence electrons. The number of rotatable bonds is 6. The van der Waals surface area contributed by atoms with Gasteiger partial charge in [0.1, 0.15) is 19.2 Å². The van der Waals surface area contributed by atoms with Gasteiger partial charge in [0.05, 0.1) is 17.3 Å². The Morgan fingerprint density at radius 3 is 2.61 bits per heavy atom. The molecule has 0 bridgehead atoms. The maximum absolute atomic E-state index is 12.8. The van der Waals surface area contributed by atoms with Crippen LogP contribution >= 0.6 is 0 Å². The maximum Gasteiger partial charge on any atom is 0.249 e. The number of hydrogen-bond donors (Lipinski definition) is 0. The highest BCUT2D eigenvalue weighted by molar-refractivity contribution is 5.99. The summed E-state index contributed by atoms with van der Waals surface area (Å²) >= 11 is 0. The van der Waals surface area contributed by atoms with Gasteiger partial charge in [-0.05, 0) is 31.0 Å². The molecule has 2 aromatic carbocycles. The number of para-hydroxylation sites is 1. The van der Waals surface area contributed by atoms with Gasteiger partial charge in [0.15, 0.2) is 0 Å². The van der Waals surface area contributed by atoms with E-state index in [0.29, 0.717) is 30.8 Å². The Hall–Kier alpha value is -3.17. The molecular formula is C22H23N3O3. The van der Waals surface area contributed by atoms with Gasteiger partial charge in [-0.1, -0.05) is 42.5 Å². The Bertz CT molecular complexity index is 876. The van der Waals surface area contributed by atoms with Gasteiger partial charge in [0.25, 0.3) is 0 Å². The highest BCUT2D eigenvalue weighted by Crippen LogP contribution is 2.25. The number of carbonyl (C=O) groups excluding carboxylic acids is 2. The Labute approximate surface area is 164 Å². The van der Waals surface area contributed by atoms with Crippen LogP contribution in [0.15, 0.2) is 54.6 Å². The van der Waals surface area contributed by atoms with Crippen LogP contribution in [-0.2, 0) is 20.7 Å². The van der Waals surface area contributed by atoms with Gasteiger partial charge in [-0.25, -0.2) is 0 Å². The van der Waals surface area contributed by atoms with E-state index in [2.05, 4.69) is 6.07 Å². The molecule has 0 spiro atoms. The minimum Gasteiger partial charge on any atom is -0.372 e. The van der Waals surface area contributed by atoms with Gasteiger partial charge in [0.2, 0.25) is 11.8 Å². The van der Waals surface area contributed by atoms with Crippen molar-refractivity contribution in [1.29, 1.82) is 5.26 Å². The number of ether oxygens (including phenoxy) is 1. The van der Waals surface area contributed by atoms with Crippen molar-refractivity contribution in [2.45, 2.75) is 19.4 Å². The van der Waals surface area contributed by atoms with E-state index in [1.165, 1.54) is 0 Å². The fourth-order valence-corrected chi connectivity index (χ4v) is 3.43. The number of hydrogen-bond acceptors (Lipinski definition) is 4. The molecule has 0 aromatic heterocycles. The summed E-state index contributed by atoms with van der Waals surface area (Å²) in [5, 5.41) is 9.40. The molecule has 0 aliphatic carbocycles. The van der Waals surface area contributed by atoms with Crippen molar-refractivity contribution in [3.05, 3.63) is 65.7 Å². The van der Waals surface area contributed by atoms with Crippen LogP contribution in [0.3, 0.4) is 0 Å². The minimum atomic E-state index is -0.197. The third-order valence-electron chi connectivity index (χ3n) is 4.82. The molecule has 0 radical (unpaired) electrons. The van der Waals surface area contributed by atoms with E-state index in [1.54, 1.807) is 28.0 Å². The molecule has 0 saturated carbocycles. The van der Waals surface area contributed by atoms with Crippen LogP contribution in [0, 0.1) is 11.3 Å². The number of amides is 2. The van der Waals surface area contributed by atoms with Crippen molar-refractivity contribution in [2.75, 3.05) is 31.2 Å². The summed E-state index contributed by atoms with van der Waals surface area (Å²) < 4.78 is 5.27. The summed E-state index contributed by atoms with van der Waals surface area (Å²) in [5.74, 6) is -0.388. The van der Waals surface area contributed by atoms with E-state index in [0.717, 1.165) is 5.56 Å². The molecule has 2 aromatic rings. The van der Waals surface area contributed by atoms with Crippen molar-refractivity contribution in [3.8, 4) is 6.07 Å². The van der Waals surface area contributed by atoms with Gasteiger partial charge in [-0.3, -0.25) is 9.59 Å². The summed E-state index contributed by atoms with van der Waals surface area (Å²) in [6.07, 6.45) is 0.622. The minimum absolute atomic E-state index is 0.0246. The number of nitriles is 1. The molecule has 0 N–H and O–H groups in total. The van der Waals surface area contributed by atoms with E-state index < -0.39 is 0 Å². The third kappa shape index (κ3) is 4.38. The van der Waals surface area contributed by atoms with Crippen LogP contribution < -0.4 is 4.90 Å². The quantitative estimate of drug-likeness (QED) is 0.775. The standard InChI is InChI=1S/C22H23N3O3/c1-2-28-16-22(27)24-15-21(26)25(20-11-7-6-10-18(20)13-23)14-19(24)12-17-8-4-3-5-9-17/h3-11,19H,2,12,14-16H2,1H3/t19-/m0/s1. The number of nitrogens with zero attached hydrogens (tertiary/aromatic N) is 3. The van der Waals surface area contributed by atoms with E-state index >= 15 is 0 Å². The Kier molecular flexibility index (Phi) is 6.41. The predicted molar refractivity (Wildman–Crippen MR) is 106 cm³/mol. The molecule has 1 atom stereocenters. The molecule has 1 aliphatic heterocycles. The molecule has 1 aliphatic rings. The summed E-state index contributed by atoms with van der Waals surface area (Å²) in [6.45, 7) is 2.55. The largest absolute Gasteiger partial charge is 0.372 e. The van der Waals surface area contributed by atoms with Crippen molar-refractivity contribution in [1.82, 2.24) is 4.90 Å². The fourth-order valence-electron chi connectivity index (χ4n) is 3.43. The van der Waals surface area contributed by atoms with Gasteiger partial charge >= 0.3 is 0 Å². The van der Waals surface area contributed by atoms with Crippen molar-refractivity contribution < 1.29 is 14.3 Å². The van der Waals surface area contributed by atoms with E-state index in [4.69, 9.17) is 4.74 Å². The van der Waals surface area contributed by atoms with Crippen LogP contribution in [0.5, 0.6) is 0 Å². The monoisotopic (exact) mass is 377 g/mol. The van der Waals surface area contributed by atoms with E-state index in [-0.39, 0.29) is 31.0 Å². The lowest BCUT2D eigenvalue weighted by Crippen LogP contribution is -2.59. The second kappa shape index (κ2) is 9.16. The Balaban J connectivity index is 1.88. The second-order valence-electron chi connectivity index (χ2n) is 6.64. The fraction of sp³-hybridized carbons (Fsp3) is 0.318. The van der Waals surface area contributed by atoms with E-state index in [1.807, 2.05) is 43.3 Å². The molecular weight excluding hydrogens is 354 g/mol. The molecule has 6 nitrogen and oxygen atoms in total. The lowest BCUT2D eigenvalue weighted by atomic mass is 10.0. The van der Waals surface area contributed by atoms with Gasteiger partial charge in [0, 0.05) is 13.2 Å². The Morgan fingerprint density at radius 1 is 1.18 bits per heavy atom. The van der Waals surface area contributed by atoms with Gasteiger partial charge in [-0.2, -0.15) is 5.26 Å². The molecule has 1 saturated heterocycles. The highest BCUT2D eigenvalue weighted by atomic mass is 16.5. The van der Waals surface area contributed by atoms with Crippen molar-refractivity contribution >= 4 is 17.5 Å². The first-order chi connectivity index (χ1) is 13.6. The smallest absolute Gasteiger partial charge is 0.249 e. The summed E-state index contributed by atoms with van der Waals surface area (Å²) in [4.78, 5) is 28.7. The summed E-state index contributed by atoms with van der Waals surface area (Å²) in [5.41, 5.74) is 2.12. The molecule has 3 rings (SSSR count). The molecule has 1 heterocycles. The lowest BCUT2D eigenvalue weighted by Gasteiger charge is -2.41. The van der Waals surface area contributed by atoms with E-state index in [9.17, 15) is 14.9 Å². The zero-order valence-electron chi connectivity index (χ0n) is 15.9. The van der Waals surface area contributed by atoms with Crippen LogP contribution in [0.1, 0.15) is 18.1 Å². The SMILES string of the molecule is CCOCC(=O)N1CC(=O)N(c2ccccc2C#N)C[C@@H]1Cc1ccccc1. The third-order valence-corrected chi connectivity index (χ3v) is 4.82. The van der Waals surface area contributed by atoms with Crippen LogP contribution in [-0.4, -0.2) is 49.1 Å². The Morgan fingerprint density at radius 2 is 1.89 bits per heavy atom. The zero-order valence-corrected chi connectivity index (χ0v) is 15.9. The second-order valence-corrected chi connectivity index (χ2v) is 6.64. The van der Waals surface area contributed by atoms with Gasteiger partial charge < -0.3 is 14.5 Å². The zero-order chi connectivity index (χ0) is 19.9. The molecule has 0 unspecified atom stereocenters. The lowest BCUT2D eigenvalue weighted by molar-refractivity contribution is -0.143. The number of carbonyl (C=O) groups is 2. The number of anilines is 1. The maximum atomic E-state index is 12.8. The number of piperazine rings is 1. The van der Waals surface area contributed by atoms with Crippen molar-refractivity contribution in [3.63, 3.8) is 0 Å². The first-order valence-corrected chi connectivity index (χ1v) is 9.34. The van der Waals surface area contributed by atoms with Gasteiger partial charge in [-0.15, -0.1) is 0 Å². The van der Waals surface area contributed by atoms with Crippen LogP contribution in [0.25, 0.3) is 0 Å².